The van der Waals surface area contributed by atoms with E-state index < -0.39 is 6.04 Å². The first-order chi connectivity index (χ1) is 16.3. The molecule has 34 heavy (non-hydrogen) atoms. The van der Waals surface area contributed by atoms with Gasteiger partial charge >= 0.3 is 0 Å². The summed E-state index contributed by atoms with van der Waals surface area (Å²) in [5, 5.41) is 6.38. The number of nitrogens with one attached hydrogen (secondary N) is 2. The van der Waals surface area contributed by atoms with Crippen molar-refractivity contribution in [1.82, 2.24) is 10.2 Å². The van der Waals surface area contributed by atoms with Crippen molar-refractivity contribution in [3.05, 3.63) is 59.1 Å². The minimum Gasteiger partial charge on any atom is -0.495 e. The van der Waals surface area contributed by atoms with Gasteiger partial charge in [-0.15, -0.1) is 0 Å². The molecule has 2 aromatic rings. The first-order valence-electron chi connectivity index (χ1n) is 11.6. The molecule has 0 spiro atoms. The van der Waals surface area contributed by atoms with Gasteiger partial charge in [-0.1, -0.05) is 37.6 Å². The second kappa shape index (κ2) is 11.9. The van der Waals surface area contributed by atoms with Crippen molar-refractivity contribution in [2.24, 2.45) is 11.8 Å². The Bertz CT molecular complexity index is 1000. The molecule has 2 aromatic carbocycles. The Morgan fingerprint density at radius 2 is 1.71 bits per heavy atom. The van der Waals surface area contributed by atoms with Crippen LogP contribution in [0.4, 0.5) is 5.69 Å². The SMILES string of the molecule is COc1ccccc1NC(=O)C1CCN(C(=O)C(CC(C)C)NC(=O)c2ccc(Cl)cc2)CC1. The number of amides is 3. The number of nitrogens with zero attached hydrogens (tertiary/aromatic N) is 1. The lowest BCUT2D eigenvalue weighted by Gasteiger charge is -2.34. The molecule has 1 atom stereocenters. The highest BCUT2D eigenvalue weighted by atomic mass is 35.5. The van der Waals surface area contributed by atoms with Gasteiger partial charge in [0, 0.05) is 29.6 Å². The Morgan fingerprint density at radius 1 is 1.06 bits per heavy atom. The van der Waals surface area contributed by atoms with Crippen molar-refractivity contribution in [3.63, 3.8) is 0 Å². The molecule has 0 aromatic heterocycles. The number of benzene rings is 2. The van der Waals surface area contributed by atoms with E-state index in [1.165, 1.54) is 0 Å². The van der Waals surface area contributed by atoms with E-state index >= 15 is 0 Å². The van der Waals surface area contributed by atoms with Crippen LogP contribution in [-0.4, -0.2) is 48.9 Å². The van der Waals surface area contributed by atoms with E-state index in [-0.39, 0.29) is 29.6 Å². The van der Waals surface area contributed by atoms with Crippen LogP contribution in [0, 0.1) is 11.8 Å². The monoisotopic (exact) mass is 485 g/mol. The minimum atomic E-state index is -0.623. The largest absolute Gasteiger partial charge is 0.495 e. The molecule has 0 bridgehead atoms. The normalized spacial score (nSPS) is 15.0. The minimum absolute atomic E-state index is 0.0774. The number of carbonyl (C=O) groups excluding carboxylic acids is 3. The fourth-order valence-electron chi connectivity index (χ4n) is 4.10. The van der Waals surface area contributed by atoms with E-state index in [1.54, 1.807) is 48.4 Å². The van der Waals surface area contributed by atoms with Gasteiger partial charge in [-0.25, -0.2) is 0 Å². The van der Waals surface area contributed by atoms with Crippen molar-refractivity contribution >= 4 is 35.0 Å². The second-order valence-electron chi connectivity index (χ2n) is 8.95. The molecule has 0 saturated carbocycles. The van der Waals surface area contributed by atoms with Crippen molar-refractivity contribution < 1.29 is 19.1 Å². The van der Waals surface area contributed by atoms with E-state index in [2.05, 4.69) is 10.6 Å². The summed E-state index contributed by atoms with van der Waals surface area (Å²) in [4.78, 5) is 40.5. The van der Waals surface area contributed by atoms with Crippen LogP contribution in [0.5, 0.6) is 5.75 Å². The molecule has 1 aliphatic heterocycles. The molecule has 1 saturated heterocycles. The first kappa shape index (κ1) is 25.6. The van der Waals surface area contributed by atoms with E-state index in [9.17, 15) is 14.4 Å². The summed E-state index contributed by atoms with van der Waals surface area (Å²) in [6.07, 6.45) is 1.66. The maximum atomic E-state index is 13.3. The Kier molecular flexibility index (Phi) is 8.93. The van der Waals surface area contributed by atoms with Gasteiger partial charge in [0.2, 0.25) is 11.8 Å². The highest BCUT2D eigenvalue weighted by molar-refractivity contribution is 6.30. The van der Waals surface area contributed by atoms with Crippen molar-refractivity contribution in [3.8, 4) is 5.75 Å². The number of halogens is 1. The number of rotatable bonds is 8. The van der Waals surface area contributed by atoms with E-state index in [4.69, 9.17) is 16.3 Å². The van der Waals surface area contributed by atoms with Crippen molar-refractivity contribution in [1.29, 1.82) is 0 Å². The first-order valence-corrected chi connectivity index (χ1v) is 12.0. The fraction of sp³-hybridized carbons (Fsp3) is 0.423. The van der Waals surface area contributed by atoms with Crippen LogP contribution in [0.2, 0.25) is 5.02 Å². The lowest BCUT2D eigenvalue weighted by atomic mass is 9.94. The molecule has 3 amide bonds. The Balaban J connectivity index is 1.59. The van der Waals surface area contributed by atoms with Crippen LogP contribution < -0.4 is 15.4 Å². The standard InChI is InChI=1S/C26H32ClN3O4/c1-17(2)16-22(29-24(31)18-8-10-20(27)11-9-18)26(33)30-14-12-19(13-15-30)25(32)28-21-6-4-5-7-23(21)34-3/h4-11,17,19,22H,12-16H2,1-3H3,(H,28,32)(H,29,31). The lowest BCUT2D eigenvalue weighted by molar-refractivity contribution is -0.136. The van der Waals surface area contributed by atoms with Crippen LogP contribution in [0.25, 0.3) is 0 Å². The number of piperidine rings is 1. The summed E-state index contributed by atoms with van der Waals surface area (Å²) in [6, 6.07) is 13.2. The molecule has 7 nitrogen and oxygen atoms in total. The van der Waals surface area contributed by atoms with Crippen LogP contribution in [0.3, 0.4) is 0 Å². The predicted octanol–water partition coefficient (Wildman–Crippen LogP) is 4.37. The number of methoxy groups -OCH3 is 1. The molecular formula is C26H32ClN3O4. The van der Waals surface area contributed by atoms with Crippen LogP contribution in [0.1, 0.15) is 43.5 Å². The zero-order chi connectivity index (χ0) is 24.7. The smallest absolute Gasteiger partial charge is 0.251 e. The number of carbonyl (C=O) groups is 3. The average molecular weight is 486 g/mol. The molecule has 1 unspecified atom stereocenters. The molecule has 2 N–H and O–H groups in total. The maximum absolute atomic E-state index is 13.3. The molecule has 182 valence electrons. The molecule has 1 fully saturated rings. The van der Waals surface area contributed by atoms with Gasteiger partial charge in [-0.2, -0.15) is 0 Å². The average Bonchev–Trinajstić information content (AvgIpc) is 2.83. The molecule has 0 radical (unpaired) electrons. The number of likely N-dealkylation sites (tertiary alicyclic amines) is 1. The van der Waals surface area contributed by atoms with E-state index in [0.717, 1.165) is 0 Å². The maximum Gasteiger partial charge on any atom is 0.251 e. The third-order valence-electron chi connectivity index (χ3n) is 5.96. The molecule has 1 heterocycles. The van der Waals surface area contributed by atoms with Gasteiger partial charge < -0.3 is 20.3 Å². The summed E-state index contributed by atoms with van der Waals surface area (Å²) in [6.45, 7) is 4.97. The summed E-state index contributed by atoms with van der Waals surface area (Å²) in [7, 11) is 1.56. The summed E-state index contributed by atoms with van der Waals surface area (Å²) < 4.78 is 5.30. The zero-order valence-corrected chi connectivity index (χ0v) is 20.6. The third kappa shape index (κ3) is 6.73. The summed E-state index contributed by atoms with van der Waals surface area (Å²) in [5.74, 6) is 0.147. The second-order valence-corrected chi connectivity index (χ2v) is 9.39. The van der Waals surface area contributed by atoms with Gasteiger partial charge in [0.15, 0.2) is 0 Å². The predicted molar refractivity (Wildman–Crippen MR) is 133 cm³/mol. The van der Waals surface area contributed by atoms with Gasteiger partial charge in [-0.3, -0.25) is 14.4 Å². The molecule has 3 rings (SSSR count). The van der Waals surface area contributed by atoms with Gasteiger partial charge in [0.05, 0.1) is 12.8 Å². The van der Waals surface area contributed by atoms with E-state index in [1.807, 2.05) is 26.0 Å². The highest BCUT2D eigenvalue weighted by Crippen LogP contribution is 2.26. The van der Waals surface area contributed by atoms with Crippen molar-refractivity contribution in [2.75, 3.05) is 25.5 Å². The number of hydrogen-bond donors (Lipinski definition) is 2. The Hall–Kier alpha value is -3.06. The molecule has 0 aliphatic carbocycles. The van der Waals surface area contributed by atoms with Gasteiger partial charge in [-0.05, 0) is 61.6 Å². The molecule has 1 aliphatic rings. The molecular weight excluding hydrogens is 454 g/mol. The number of ether oxygens (including phenoxy) is 1. The topological polar surface area (TPSA) is 87.7 Å². The van der Waals surface area contributed by atoms with Crippen LogP contribution in [-0.2, 0) is 9.59 Å². The number of anilines is 1. The third-order valence-corrected chi connectivity index (χ3v) is 6.21. The van der Waals surface area contributed by atoms with Crippen LogP contribution in [0.15, 0.2) is 48.5 Å². The number of hydrogen-bond acceptors (Lipinski definition) is 4. The van der Waals surface area contributed by atoms with E-state index in [0.29, 0.717) is 54.4 Å². The summed E-state index contributed by atoms with van der Waals surface area (Å²) in [5.41, 5.74) is 1.09. The van der Waals surface area contributed by atoms with Gasteiger partial charge in [0.25, 0.3) is 5.91 Å². The van der Waals surface area contributed by atoms with Gasteiger partial charge in [0.1, 0.15) is 11.8 Å². The number of para-hydroxylation sites is 2. The van der Waals surface area contributed by atoms with Crippen molar-refractivity contribution in [2.45, 2.75) is 39.2 Å². The fourth-order valence-corrected chi connectivity index (χ4v) is 4.23. The lowest BCUT2D eigenvalue weighted by Crippen LogP contribution is -2.51. The highest BCUT2D eigenvalue weighted by Gasteiger charge is 2.32. The quantitative estimate of drug-likeness (QED) is 0.581. The summed E-state index contributed by atoms with van der Waals surface area (Å²) >= 11 is 5.91. The van der Waals surface area contributed by atoms with Crippen LogP contribution >= 0.6 is 11.6 Å². The Labute approximate surface area is 205 Å². The molecule has 8 heteroatoms. The Morgan fingerprint density at radius 3 is 2.32 bits per heavy atom. The zero-order valence-electron chi connectivity index (χ0n) is 19.8.